The molecule has 0 radical (unpaired) electrons. The number of ketones is 3. The second-order valence-corrected chi connectivity index (χ2v) is 40.0. The van der Waals surface area contributed by atoms with Gasteiger partial charge in [-0.2, -0.15) is 0 Å². The Labute approximate surface area is 738 Å². The van der Waals surface area contributed by atoms with E-state index in [2.05, 4.69) is 105 Å². The van der Waals surface area contributed by atoms with E-state index in [0.717, 1.165) is 139 Å². The van der Waals surface area contributed by atoms with Crippen molar-refractivity contribution >= 4 is 110 Å². The number of nitrogens with one attached hydrogen (secondary N) is 3. The van der Waals surface area contributed by atoms with Gasteiger partial charge >= 0.3 is 17.9 Å². The van der Waals surface area contributed by atoms with Crippen molar-refractivity contribution in [2.45, 2.75) is 205 Å². The third kappa shape index (κ3) is 29.2. The van der Waals surface area contributed by atoms with Gasteiger partial charge < -0.3 is 55.1 Å². The average Bonchev–Trinajstić information content (AvgIpc) is 0.829. The molecule has 123 heavy (non-hydrogen) atoms. The summed E-state index contributed by atoms with van der Waals surface area (Å²) in [4.78, 5) is 94.9. The Kier molecular flexibility index (Phi) is 34.6. The molecule has 0 spiro atoms. The number of Topliss-reactive ketones (excluding diaryl/α,β-unsaturated/α-hetero) is 3. The lowest BCUT2D eigenvalue weighted by atomic mass is 9.88. The molecule has 5 atom stereocenters. The van der Waals surface area contributed by atoms with E-state index in [9.17, 15) is 43.5 Å². The van der Waals surface area contributed by atoms with Crippen molar-refractivity contribution < 1.29 is 77.0 Å². The van der Waals surface area contributed by atoms with Gasteiger partial charge in [-0.15, -0.1) is 0 Å². The van der Waals surface area contributed by atoms with Crippen molar-refractivity contribution in [1.82, 2.24) is 0 Å². The Bertz CT molecular complexity index is 5320. The standard InChI is InChI=1S/C21H20N2O3.C20H21N3O4.C18H18O3.C16H25BrOSi.C14H16O4.C10H9BrO/c1-14(24)13-26-20-10-5-15-11-17(4-3-16(15)12-20)21(25)23-19-8-6-18(22-2)7-9-19;21-19(22)12-3-6-16(7-4-12)23-20(26)15-2-1-14-10-17(27-11-18(24)25)8-5-13(14)9-15;19-17-9-8-14-10-16(7-6-15(14)11-17)18(20)21-12-13-4-2-1-3-5-13;1-16(2,3)19(4,5)18-15-9-7-12-10-14(17)8-6-13(12)11-15;1-9(15)8-18-13-5-4-10-6-12(14(16)17)3-2-11(10)7-13;11-9-3-1-8-6-10(12)4-2-7(8)5-9/h3-4,6-9,11,20H,5,10,12-13H2,1H3,(H,23,25);1-4,6-7,9,17H,5,8,10-11H2,(H3,21,22)(H,23,26)(H,24,25);1-7,10,17,19H,8-9,11-12H2;6,8,10,15H,7,9,11H2,1-5H3;2-3,6,13H,4-5,7-8H2,1H3,(H,16,17);1,3,5H,2,4,6H2. The van der Waals surface area contributed by atoms with Crippen LogP contribution in [0, 0.1) is 12.0 Å². The van der Waals surface area contributed by atoms with E-state index >= 15 is 0 Å². The summed E-state index contributed by atoms with van der Waals surface area (Å²) < 4.78 is 30.7. The summed E-state index contributed by atoms with van der Waals surface area (Å²) >= 11 is 6.98. The molecule has 0 heterocycles. The van der Waals surface area contributed by atoms with Gasteiger partial charge in [-0.3, -0.25) is 29.4 Å². The Hall–Kier alpha value is -10.7. The number of amidine groups is 1. The fourth-order valence-corrected chi connectivity index (χ4v) is 17.3. The van der Waals surface area contributed by atoms with Crippen LogP contribution in [0.1, 0.15) is 192 Å². The summed E-state index contributed by atoms with van der Waals surface area (Å²) in [7, 11) is -1.63. The lowest BCUT2D eigenvalue weighted by molar-refractivity contribution is -0.144. The van der Waals surface area contributed by atoms with Crippen molar-refractivity contribution in [3.05, 3.63) is 309 Å². The first kappa shape index (κ1) is 94.5. The van der Waals surface area contributed by atoms with E-state index in [0.29, 0.717) is 87.5 Å². The van der Waals surface area contributed by atoms with Gasteiger partial charge in [-0.25, -0.2) is 19.2 Å². The minimum absolute atomic E-state index is 0.0202. The van der Waals surface area contributed by atoms with E-state index < -0.39 is 20.3 Å². The summed E-state index contributed by atoms with van der Waals surface area (Å²) in [6, 6.07) is 58.1. The maximum Gasteiger partial charge on any atom is 0.338 e. The zero-order chi connectivity index (χ0) is 88.5. The number of amides is 2. The molecular formula is C99H109Br2N5O16Si. The van der Waals surface area contributed by atoms with Gasteiger partial charge in [0.25, 0.3) is 11.8 Å². The van der Waals surface area contributed by atoms with Crippen LogP contribution in [0.15, 0.2) is 197 Å². The maximum absolute atomic E-state index is 12.5. The highest BCUT2D eigenvalue weighted by Crippen LogP contribution is 2.40. The molecule has 5 unspecified atom stereocenters. The molecule has 0 aliphatic heterocycles. The Morgan fingerprint density at radius 3 is 1.36 bits per heavy atom. The molecule has 6 aliphatic carbocycles. The van der Waals surface area contributed by atoms with Crippen LogP contribution in [0.3, 0.4) is 0 Å². The van der Waals surface area contributed by atoms with Crippen molar-refractivity contribution in [2.75, 3.05) is 30.5 Å². The SMILES string of the molecule is CC(=O)COC1CCc2cc(C(=O)O)ccc2C1.CC(C)(C)[Si](C)(C)OC1CCc2cc(Br)ccc2C1.N=C(N)c1ccc(NC(=O)c2ccc3c(c2)CCC(OCC(=O)O)C3)cc1.O=C(OCc1ccccc1)c1ccc2c(c1)CCC(O)C2.O=C1CCc2cc(Br)ccc2C1.[C-]#[N+]c1ccc(NC(=O)c2ccc3c(c2)CCC(OCC(C)=O)C3)cc1. The number of rotatable bonds is 20. The molecule has 0 bridgehead atoms. The summed E-state index contributed by atoms with van der Waals surface area (Å²) in [5.41, 5.74) is 25.4. The number of carbonyl (C=O) groups excluding carboxylic acids is 6. The van der Waals surface area contributed by atoms with Crippen LogP contribution in [0.25, 0.3) is 4.85 Å². The van der Waals surface area contributed by atoms with E-state index in [4.69, 9.17) is 51.3 Å². The lowest BCUT2D eigenvalue weighted by Crippen LogP contribution is -2.45. The van der Waals surface area contributed by atoms with Gasteiger partial charge in [-0.05, 0) is 316 Å². The molecule has 15 rings (SSSR count). The number of carbonyl (C=O) groups is 8. The van der Waals surface area contributed by atoms with Crippen LogP contribution in [-0.4, -0.2) is 127 Å². The largest absolute Gasteiger partial charge is 0.480 e. The van der Waals surface area contributed by atoms with Gasteiger partial charge in [-0.1, -0.05) is 131 Å². The van der Waals surface area contributed by atoms with Gasteiger partial charge in [0.1, 0.15) is 38.0 Å². The number of nitrogens with two attached hydrogens (primary N) is 1. The average molecular weight is 1810 g/mol. The lowest BCUT2D eigenvalue weighted by Gasteiger charge is -2.40. The number of ether oxygens (including phenoxy) is 4. The number of aromatic carboxylic acids is 1. The Morgan fingerprint density at radius 2 is 0.886 bits per heavy atom. The van der Waals surface area contributed by atoms with Crippen LogP contribution < -0.4 is 16.4 Å². The van der Waals surface area contributed by atoms with Crippen LogP contribution in [0.2, 0.25) is 18.1 Å². The number of aliphatic hydroxyl groups excluding tert-OH is 1. The molecule has 9 aromatic rings. The molecule has 0 aromatic heterocycles. The Balaban J connectivity index is 0.000000157. The molecular weight excluding hydrogens is 1700 g/mol. The monoisotopic (exact) mass is 1810 g/mol. The number of aryl methyl sites for hydroxylation is 6. The second kappa shape index (κ2) is 45.1. The number of halogens is 2. The van der Waals surface area contributed by atoms with Gasteiger partial charge in [0, 0.05) is 56.0 Å². The second-order valence-electron chi connectivity index (χ2n) is 33.4. The Morgan fingerprint density at radius 1 is 0.488 bits per heavy atom. The van der Waals surface area contributed by atoms with E-state index in [1.54, 1.807) is 72.8 Å². The molecule has 644 valence electrons. The first-order valence-electron chi connectivity index (χ1n) is 41.6. The normalized spacial score (nSPS) is 17.0. The topological polar surface area (TPSA) is 322 Å². The minimum Gasteiger partial charge on any atom is -0.480 e. The third-order valence-corrected chi connectivity index (χ3v) is 28.4. The van der Waals surface area contributed by atoms with Crippen molar-refractivity contribution in [3.8, 4) is 0 Å². The molecule has 2 amide bonds. The van der Waals surface area contributed by atoms with Crippen molar-refractivity contribution in [3.63, 3.8) is 0 Å². The number of esters is 1. The van der Waals surface area contributed by atoms with E-state index in [-0.39, 0.29) is 86.0 Å². The van der Waals surface area contributed by atoms with Crippen molar-refractivity contribution in [2.24, 2.45) is 5.73 Å². The summed E-state index contributed by atoms with van der Waals surface area (Å²) in [5.74, 6) is -2.13. The van der Waals surface area contributed by atoms with Crippen LogP contribution >= 0.6 is 31.9 Å². The third-order valence-electron chi connectivity index (χ3n) is 22.8. The first-order valence-corrected chi connectivity index (χ1v) is 46.1. The highest BCUT2D eigenvalue weighted by molar-refractivity contribution is 9.10. The number of aliphatic hydroxyl groups is 1. The van der Waals surface area contributed by atoms with Gasteiger partial charge in [0.15, 0.2) is 25.6 Å². The quantitative estimate of drug-likeness (QED) is 0.0123. The molecule has 0 fully saturated rings. The number of hydrogen-bond acceptors (Lipinski definition) is 15. The van der Waals surface area contributed by atoms with Crippen LogP contribution in [-0.2, 0) is 126 Å². The maximum atomic E-state index is 12.5. The van der Waals surface area contributed by atoms with Crippen molar-refractivity contribution in [1.29, 1.82) is 5.41 Å². The minimum atomic E-state index is -1.63. The zero-order valence-corrected chi connectivity index (χ0v) is 74.9. The zero-order valence-electron chi connectivity index (χ0n) is 70.8. The highest BCUT2D eigenvalue weighted by Gasteiger charge is 2.40. The summed E-state index contributed by atoms with van der Waals surface area (Å²) in [5, 5.41) is 40.7. The number of hydrogen-bond donors (Lipinski definition) is 7. The van der Waals surface area contributed by atoms with E-state index in [1.165, 1.54) is 46.1 Å². The number of aliphatic carboxylic acids is 1. The number of nitrogens with zero attached hydrogens (tertiary/aromatic N) is 1. The first-order chi connectivity index (χ1) is 58.7. The smallest absolute Gasteiger partial charge is 0.338 e. The molecule has 9 aromatic carbocycles. The summed E-state index contributed by atoms with van der Waals surface area (Å²) in [6.07, 6.45) is 15.0. The molecule has 6 aliphatic rings. The van der Waals surface area contributed by atoms with Crippen LogP contribution in [0.4, 0.5) is 17.1 Å². The fraction of sp³-hybridized carbons (Fsp3) is 0.354. The molecule has 0 saturated carbocycles. The molecule has 21 nitrogen and oxygen atoms in total. The highest BCUT2D eigenvalue weighted by atomic mass is 79.9. The number of carboxylic acid groups (broad SMARTS) is 2. The summed E-state index contributed by atoms with van der Waals surface area (Å²) in [6.45, 7) is 21.9. The van der Waals surface area contributed by atoms with Gasteiger partial charge in [0.2, 0.25) is 0 Å². The van der Waals surface area contributed by atoms with Crippen LogP contribution in [0.5, 0.6) is 0 Å². The number of nitrogen functional groups attached to an aromatic ring is 1. The number of benzene rings is 9. The molecule has 24 heteroatoms. The number of anilines is 2. The number of carboxylic acids is 2. The predicted molar refractivity (Wildman–Crippen MR) is 486 cm³/mol. The number of fused-ring (bicyclic) bond motifs is 6. The van der Waals surface area contributed by atoms with E-state index in [1.807, 2.05) is 91.0 Å². The predicted octanol–water partition coefficient (Wildman–Crippen LogP) is 18.7. The van der Waals surface area contributed by atoms with Gasteiger partial charge in [0.05, 0.1) is 42.1 Å². The molecule has 8 N–H and O–H groups in total. The molecule has 0 saturated heterocycles. The fourth-order valence-electron chi connectivity index (χ4n) is 15.1.